The van der Waals surface area contributed by atoms with Crippen molar-refractivity contribution < 1.29 is 27.1 Å². The Balaban J connectivity index is 1.91. The zero-order valence-corrected chi connectivity index (χ0v) is 15.8. The van der Waals surface area contributed by atoms with E-state index in [-0.39, 0.29) is 12.0 Å². The zero-order valence-electron chi connectivity index (χ0n) is 15.8. The third kappa shape index (κ3) is 4.44. The van der Waals surface area contributed by atoms with Gasteiger partial charge in [-0.25, -0.2) is 9.18 Å². The minimum Gasteiger partial charge on any atom is -0.465 e. The molecule has 0 atom stereocenters. The minimum absolute atomic E-state index is 0.0217. The molecule has 2 aromatic heterocycles. The highest BCUT2D eigenvalue weighted by atomic mass is 19.4. The SMILES string of the molecule is COC(=O)c1ccc(-c2cc(Cc3cc(F)cc(C(F)(F)F)c3)nn2C)nc1C. The molecule has 0 aliphatic carbocycles. The van der Waals surface area contributed by atoms with Gasteiger partial charge in [0.25, 0.3) is 0 Å². The highest BCUT2D eigenvalue weighted by Crippen LogP contribution is 2.31. The third-order valence-corrected chi connectivity index (χ3v) is 4.35. The average Bonchev–Trinajstić information content (AvgIpc) is 2.99. The number of rotatable bonds is 4. The summed E-state index contributed by atoms with van der Waals surface area (Å²) in [6.07, 6.45) is -4.61. The number of benzene rings is 1. The fourth-order valence-electron chi connectivity index (χ4n) is 3.01. The maximum atomic E-state index is 13.6. The number of ether oxygens (including phenoxy) is 1. The van der Waals surface area contributed by atoms with E-state index in [9.17, 15) is 22.4 Å². The van der Waals surface area contributed by atoms with Crippen molar-refractivity contribution >= 4 is 5.97 Å². The van der Waals surface area contributed by atoms with E-state index in [0.717, 1.165) is 12.1 Å². The number of aromatic nitrogens is 3. The van der Waals surface area contributed by atoms with E-state index in [0.29, 0.717) is 34.4 Å². The van der Waals surface area contributed by atoms with Crippen LogP contribution >= 0.6 is 0 Å². The summed E-state index contributed by atoms with van der Waals surface area (Å²) in [6, 6.07) is 7.30. The molecule has 0 unspecified atom stereocenters. The Morgan fingerprint density at radius 2 is 1.90 bits per heavy atom. The molecular formula is C20H17F4N3O2. The van der Waals surface area contributed by atoms with Crippen LogP contribution in [0.2, 0.25) is 0 Å². The molecule has 0 aliphatic rings. The van der Waals surface area contributed by atoms with Gasteiger partial charge in [0.05, 0.1) is 41.0 Å². The Hall–Kier alpha value is -3.23. The van der Waals surface area contributed by atoms with Crippen molar-refractivity contribution in [3.8, 4) is 11.4 Å². The Labute approximate surface area is 163 Å². The van der Waals surface area contributed by atoms with Crippen molar-refractivity contribution in [2.75, 3.05) is 7.11 Å². The molecule has 0 saturated carbocycles. The molecule has 0 fully saturated rings. The fourth-order valence-corrected chi connectivity index (χ4v) is 3.01. The van der Waals surface area contributed by atoms with Gasteiger partial charge >= 0.3 is 12.1 Å². The molecule has 0 bridgehead atoms. The molecule has 152 valence electrons. The largest absolute Gasteiger partial charge is 0.465 e. The number of alkyl halides is 3. The number of carbonyl (C=O) groups is 1. The minimum atomic E-state index is -4.63. The van der Waals surface area contributed by atoms with Crippen molar-refractivity contribution in [2.45, 2.75) is 19.5 Å². The van der Waals surface area contributed by atoms with Gasteiger partial charge in [0, 0.05) is 13.5 Å². The Morgan fingerprint density at radius 3 is 2.52 bits per heavy atom. The maximum absolute atomic E-state index is 13.6. The number of hydrogen-bond donors (Lipinski definition) is 0. The lowest BCUT2D eigenvalue weighted by atomic mass is 10.1. The van der Waals surface area contributed by atoms with Crippen LogP contribution in [0, 0.1) is 12.7 Å². The molecular weight excluding hydrogens is 390 g/mol. The molecule has 0 amide bonds. The van der Waals surface area contributed by atoms with Gasteiger partial charge in [-0.1, -0.05) is 0 Å². The number of nitrogens with zero attached hydrogens (tertiary/aromatic N) is 3. The summed E-state index contributed by atoms with van der Waals surface area (Å²) in [4.78, 5) is 16.1. The summed E-state index contributed by atoms with van der Waals surface area (Å²) >= 11 is 0. The first-order valence-electron chi connectivity index (χ1n) is 8.54. The van der Waals surface area contributed by atoms with E-state index in [1.54, 1.807) is 32.2 Å². The van der Waals surface area contributed by atoms with Gasteiger partial charge in [-0.2, -0.15) is 18.3 Å². The second-order valence-electron chi connectivity index (χ2n) is 6.49. The first kappa shape index (κ1) is 20.5. The highest BCUT2D eigenvalue weighted by Gasteiger charge is 2.31. The molecule has 29 heavy (non-hydrogen) atoms. The number of carbonyl (C=O) groups excluding carboxylic acids is 1. The van der Waals surface area contributed by atoms with Crippen LogP contribution in [0.5, 0.6) is 0 Å². The lowest BCUT2D eigenvalue weighted by molar-refractivity contribution is -0.137. The molecule has 1 aromatic carbocycles. The van der Waals surface area contributed by atoms with Crippen LogP contribution in [0.15, 0.2) is 36.4 Å². The summed E-state index contributed by atoms with van der Waals surface area (Å²) in [5, 5.41) is 4.29. The van der Waals surface area contributed by atoms with Crippen molar-refractivity contribution in [3.63, 3.8) is 0 Å². The van der Waals surface area contributed by atoms with E-state index in [2.05, 4.69) is 10.1 Å². The van der Waals surface area contributed by atoms with Gasteiger partial charge < -0.3 is 4.74 Å². The molecule has 0 saturated heterocycles. The summed E-state index contributed by atoms with van der Waals surface area (Å²) in [5.74, 6) is -1.46. The molecule has 2 heterocycles. The van der Waals surface area contributed by atoms with Crippen LogP contribution < -0.4 is 0 Å². The Bertz CT molecular complexity index is 1070. The quantitative estimate of drug-likeness (QED) is 0.477. The van der Waals surface area contributed by atoms with E-state index in [4.69, 9.17) is 4.74 Å². The number of hydrogen-bond acceptors (Lipinski definition) is 4. The predicted octanol–water partition coefficient (Wildman–Crippen LogP) is 4.33. The van der Waals surface area contributed by atoms with Crippen molar-refractivity contribution in [1.82, 2.24) is 14.8 Å². The Kier molecular flexibility index (Phi) is 5.41. The topological polar surface area (TPSA) is 57.0 Å². The van der Waals surface area contributed by atoms with Gasteiger partial charge in [0.1, 0.15) is 5.82 Å². The number of esters is 1. The third-order valence-electron chi connectivity index (χ3n) is 4.35. The summed E-state index contributed by atoms with van der Waals surface area (Å²) < 4.78 is 58.5. The number of aryl methyl sites for hydroxylation is 2. The van der Waals surface area contributed by atoms with Crippen LogP contribution in [-0.2, 0) is 24.4 Å². The molecule has 3 rings (SSSR count). The smallest absolute Gasteiger partial charge is 0.416 e. The lowest BCUT2D eigenvalue weighted by Gasteiger charge is -2.08. The predicted molar refractivity (Wildman–Crippen MR) is 96.7 cm³/mol. The Morgan fingerprint density at radius 1 is 1.17 bits per heavy atom. The molecule has 9 heteroatoms. The first-order chi connectivity index (χ1) is 13.6. The number of methoxy groups -OCH3 is 1. The molecule has 5 nitrogen and oxygen atoms in total. The van der Waals surface area contributed by atoms with Crippen molar-refractivity contribution in [2.24, 2.45) is 7.05 Å². The monoisotopic (exact) mass is 407 g/mol. The van der Waals surface area contributed by atoms with Gasteiger partial charge in [0.2, 0.25) is 0 Å². The molecule has 0 N–H and O–H groups in total. The van der Waals surface area contributed by atoms with Gasteiger partial charge in [0.15, 0.2) is 0 Å². The average molecular weight is 407 g/mol. The van der Waals surface area contributed by atoms with E-state index in [1.165, 1.54) is 11.8 Å². The fraction of sp³-hybridized carbons (Fsp3) is 0.250. The van der Waals surface area contributed by atoms with E-state index in [1.807, 2.05) is 0 Å². The van der Waals surface area contributed by atoms with Crippen LogP contribution in [0.1, 0.15) is 32.9 Å². The highest BCUT2D eigenvalue weighted by molar-refractivity contribution is 5.90. The van der Waals surface area contributed by atoms with Crippen LogP contribution in [0.3, 0.4) is 0 Å². The van der Waals surface area contributed by atoms with Crippen molar-refractivity contribution in [1.29, 1.82) is 0 Å². The van der Waals surface area contributed by atoms with Crippen LogP contribution in [-0.4, -0.2) is 27.8 Å². The zero-order chi connectivity index (χ0) is 21.3. The maximum Gasteiger partial charge on any atom is 0.416 e. The molecule has 0 radical (unpaired) electrons. The second kappa shape index (κ2) is 7.65. The summed E-state index contributed by atoms with van der Waals surface area (Å²) in [6.45, 7) is 1.67. The number of halogens is 4. The summed E-state index contributed by atoms with van der Waals surface area (Å²) in [5.41, 5.74) is 1.51. The van der Waals surface area contributed by atoms with E-state index >= 15 is 0 Å². The van der Waals surface area contributed by atoms with Crippen LogP contribution in [0.4, 0.5) is 17.6 Å². The summed E-state index contributed by atoms with van der Waals surface area (Å²) in [7, 11) is 2.94. The molecule has 3 aromatic rings. The molecule has 0 aliphatic heterocycles. The van der Waals surface area contributed by atoms with Gasteiger partial charge in [-0.3, -0.25) is 9.67 Å². The van der Waals surface area contributed by atoms with Crippen molar-refractivity contribution in [3.05, 3.63) is 70.3 Å². The normalized spacial score (nSPS) is 11.6. The standard InChI is InChI=1S/C20H17F4N3O2/c1-11-16(19(28)29-3)4-5-17(25-11)18-10-15(26-27(18)2)8-12-6-13(20(22,23)24)9-14(21)7-12/h4-7,9-10H,8H2,1-3H3. The second-order valence-corrected chi connectivity index (χ2v) is 6.49. The number of pyridine rings is 1. The molecule has 0 spiro atoms. The lowest BCUT2D eigenvalue weighted by Crippen LogP contribution is -2.06. The van der Waals surface area contributed by atoms with Gasteiger partial charge in [-0.05, 0) is 48.9 Å². The first-order valence-corrected chi connectivity index (χ1v) is 8.54. The van der Waals surface area contributed by atoms with Crippen LogP contribution in [0.25, 0.3) is 11.4 Å². The van der Waals surface area contributed by atoms with E-state index < -0.39 is 23.5 Å². The van der Waals surface area contributed by atoms with Gasteiger partial charge in [-0.15, -0.1) is 0 Å².